The third kappa shape index (κ3) is 2.79. The van der Waals surface area contributed by atoms with Crippen LogP contribution in [0.2, 0.25) is 0 Å². The molecule has 3 rings (SSSR count). The Bertz CT molecular complexity index is 772. The van der Waals surface area contributed by atoms with Crippen LogP contribution in [0.25, 0.3) is 5.65 Å². The molecule has 4 heteroatoms. The van der Waals surface area contributed by atoms with Gasteiger partial charge in [0, 0.05) is 12.4 Å². The van der Waals surface area contributed by atoms with E-state index in [0.29, 0.717) is 17.9 Å². The Morgan fingerprint density at radius 1 is 1.29 bits per heavy atom. The second kappa shape index (κ2) is 5.40. The van der Waals surface area contributed by atoms with Gasteiger partial charge in [0.25, 0.3) is 0 Å². The molecule has 2 aromatic heterocycles. The molecule has 0 atom stereocenters. The highest BCUT2D eigenvalue weighted by molar-refractivity contribution is 5.97. The molecule has 0 aliphatic carbocycles. The molecule has 0 bridgehead atoms. The Morgan fingerprint density at radius 3 is 2.90 bits per heavy atom. The van der Waals surface area contributed by atoms with Gasteiger partial charge in [0.1, 0.15) is 18.0 Å². The number of ketones is 1. The number of fused-ring (bicyclic) bond motifs is 1. The standard InChI is InChI=1S/C17H16N2O2/c1-12-6-7-16(15(9-12)13(2)20)21-11-14-10-19-8-4-3-5-17(19)18-14/h3-10H,11H2,1-2H3. The lowest BCUT2D eigenvalue weighted by Crippen LogP contribution is -2.02. The van der Waals surface area contributed by atoms with Crippen LogP contribution in [0.4, 0.5) is 0 Å². The van der Waals surface area contributed by atoms with Crippen LogP contribution >= 0.6 is 0 Å². The quantitative estimate of drug-likeness (QED) is 0.688. The first-order valence-electron chi connectivity index (χ1n) is 6.80. The van der Waals surface area contributed by atoms with Crippen LogP contribution < -0.4 is 4.74 Å². The largest absolute Gasteiger partial charge is 0.486 e. The van der Waals surface area contributed by atoms with Crippen LogP contribution in [0, 0.1) is 6.92 Å². The van der Waals surface area contributed by atoms with Crippen molar-refractivity contribution in [2.75, 3.05) is 0 Å². The summed E-state index contributed by atoms with van der Waals surface area (Å²) in [7, 11) is 0. The number of hydrogen-bond donors (Lipinski definition) is 0. The number of imidazole rings is 1. The van der Waals surface area contributed by atoms with Gasteiger partial charge in [-0.3, -0.25) is 4.79 Å². The fraction of sp³-hybridized carbons (Fsp3) is 0.176. The van der Waals surface area contributed by atoms with Gasteiger partial charge in [0.2, 0.25) is 0 Å². The summed E-state index contributed by atoms with van der Waals surface area (Å²) in [6.45, 7) is 3.84. The Kier molecular flexibility index (Phi) is 3.44. The number of aryl methyl sites for hydroxylation is 1. The number of Topliss-reactive ketones (excluding diaryl/α,β-unsaturated/α-hetero) is 1. The summed E-state index contributed by atoms with van der Waals surface area (Å²) >= 11 is 0. The zero-order valence-electron chi connectivity index (χ0n) is 12.0. The smallest absolute Gasteiger partial charge is 0.163 e. The molecule has 2 heterocycles. The molecular weight excluding hydrogens is 264 g/mol. The average Bonchev–Trinajstić information content (AvgIpc) is 2.88. The van der Waals surface area contributed by atoms with Crippen molar-refractivity contribution >= 4 is 11.4 Å². The van der Waals surface area contributed by atoms with E-state index in [1.54, 1.807) is 6.92 Å². The topological polar surface area (TPSA) is 43.6 Å². The fourth-order valence-corrected chi connectivity index (χ4v) is 2.25. The molecule has 0 unspecified atom stereocenters. The number of pyridine rings is 1. The van der Waals surface area contributed by atoms with Gasteiger partial charge in [-0.2, -0.15) is 0 Å². The second-order valence-corrected chi connectivity index (χ2v) is 5.04. The predicted molar refractivity (Wildman–Crippen MR) is 80.7 cm³/mol. The SMILES string of the molecule is CC(=O)c1cc(C)ccc1OCc1cn2ccccc2n1. The molecule has 3 aromatic rings. The van der Waals surface area contributed by atoms with Gasteiger partial charge in [0.15, 0.2) is 5.78 Å². The predicted octanol–water partition coefficient (Wildman–Crippen LogP) is 3.42. The van der Waals surface area contributed by atoms with Gasteiger partial charge in [0.05, 0.1) is 11.3 Å². The Morgan fingerprint density at radius 2 is 2.14 bits per heavy atom. The zero-order chi connectivity index (χ0) is 14.8. The number of hydrogen-bond acceptors (Lipinski definition) is 3. The summed E-state index contributed by atoms with van der Waals surface area (Å²) in [6, 6.07) is 11.5. The van der Waals surface area contributed by atoms with Gasteiger partial charge in [-0.25, -0.2) is 4.98 Å². The highest BCUT2D eigenvalue weighted by Crippen LogP contribution is 2.21. The molecule has 0 spiro atoms. The maximum Gasteiger partial charge on any atom is 0.163 e. The minimum absolute atomic E-state index is 0.00343. The highest BCUT2D eigenvalue weighted by Gasteiger charge is 2.10. The average molecular weight is 280 g/mol. The summed E-state index contributed by atoms with van der Waals surface area (Å²) in [6.07, 6.45) is 3.87. The van der Waals surface area contributed by atoms with Crippen LogP contribution in [-0.4, -0.2) is 15.2 Å². The molecule has 0 fully saturated rings. The number of rotatable bonds is 4. The normalized spacial score (nSPS) is 10.8. The van der Waals surface area contributed by atoms with E-state index >= 15 is 0 Å². The first-order valence-corrected chi connectivity index (χ1v) is 6.80. The lowest BCUT2D eigenvalue weighted by molar-refractivity contribution is 0.101. The van der Waals surface area contributed by atoms with E-state index in [1.807, 2.05) is 60.1 Å². The van der Waals surface area contributed by atoms with Crippen molar-refractivity contribution in [1.29, 1.82) is 0 Å². The molecule has 0 aliphatic rings. The summed E-state index contributed by atoms with van der Waals surface area (Å²) in [5, 5.41) is 0. The lowest BCUT2D eigenvalue weighted by Gasteiger charge is -2.09. The number of nitrogens with zero attached hydrogens (tertiary/aromatic N) is 2. The van der Waals surface area contributed by atoms with Crippen molar-refractivity contribution in [3.63, 3.8) is 0 Å². The van der Waals surface area contributed by atoms with E-state index in [9.17, 15) is 4.79 Å². The van der Waals surface area contributed by atoms with Gasteiger partial charge >= 0.3 is 0 Å². The third-order valence-electron chi connectivity index (χ3n) is 3.30. The lowest BCUT2D eigenvalue weighted by atomic mass is 10.1. The monoisotopic (exact) mass is 280 g/mol. The number of aromatic nitrogens is 2. The minimum Gasteiger partial charge on any atom is -0.486 e. The number of ether oxygens (including phenoxy) is 1. The van der Waals surface area contributed by atoms with Crippen molar-refractivity contribution in [2.24, 2.45) is 0 Å². The van der Waals surface area contributed by atoms with Crippen molar-refractivity contribution in [1.82, 2.24) is 9.38 Å². The maximum absolute atomic E-state index is 11.7. The zero-order valence-corrected chi connectivity index (χ0v) is 12.0. The Balaban J connectivity index is 1.83. The van der Waals surface area contributed by atoms with Crippen LogP contribution in [0.15, 0.2) is 48.8 Å². The van der Waals surface area contributed by atoms with Crippen LogP contribution in [0.3, 0.4) is 0 Å². The fourth-order valence-electron chi connectivity index (χ4n) is 2.25. The van der Waals surface area contributed by atoms with E-state index < -0.39 is 0 Å². The molecule has 0 aliphatic heterocycles. The molecule has 1 aromatic carbocycles. The molecular formula is C17H16N2O2. The molecule has 0 N–H and O–H groups in total. The molecule has 0 amide bonds. The van der Waals surface area contributed by atoms with E-state index in [2.05, 4.69) is 4.98 Å². The number of carbonyl (C=O) groups is 1. The second-order valence-electron chi connectivity index (χ2n) is 5.04. The first-order chi connectivity index (χ1) is 10.1. The van der Waals surface area contributed by atoms with Crippen LogP contribution in [-0.2, 0) is 6.61 Å². The number of carbonyl (C=O) groups excluding carboxylic acids is 1. The first kappa shape index (κ1) is 13.4. The van der Waals surface area contributed by atoms with Crippen LogP contribution in [0.1, 0.15) is 28.5 Å². The van der Waals surface area contributed by atoms with Gasteiger partial charge in [-0.15, -0.1) is 0 Å². The minimum atomic E-state index is 0.00343. The highest BCUT2D eigenvalue weighted by atomic mass is 16.5. The van der Waals surface area contributed by atoms with E-state index in [4.69, 9.17) is 4.74 Å². The third-order valence-corrected chi connectivity index (χ3v) is 3.30. The summed E-state index contributed by atoms with van der Waals surface area (Å²) in [4.78, 5) is 16.1. The summed E-state index contributed by atoms with van der Waals surface area (Å²) in [5.74, 6) is 0.605. The molecule has 0 radical (unpaired) electrons. The molecule has 106 valence electrons. The van der Waals surface area contributed by atoms with Crippen molar-refractivity contribution in [2.45, 2.75) is 20.5 Å². The van der Waals surface area contributed by atoms with E-state index in [0.717, 1.165) is 16.9 Å². The summed E-state index contributed by atoms with van der Waals surface area (Å²) < 4.78 is 7.72. The van der Waals surface area contributed by atoms with Crippen LogP contribution in [0.5, 0.6) is 5.75 Å². The van der Waals surface area contributed by atoms with Gasteiger partial charge < -0.3 is 9.14 Å². The van der Waals surface area contributed by atoms with Crippen molar-refractivity contribution < 1.29 is 9.53 Å². The number of benzene rings is 1. The van der Waals surface area contributed by atoms with Crippen molar-refractivity contribution in [3.05, 3.63) is 65.6 Å². The molecule has 4 nitrogen and oxygen atoms in total. The van der Waals surface area contributed by atoms with Crippen molar-refractivity contribution in [3.8, 4) is 5.75 Å². The Labute approximate surface area is 123 Å². The van der Waals surface area contributed by atoms with E-state index in [-0.39, 0.29) is 5.78 Å². The van der Waals surface area contributed by atoms with E-state index in [1.165, 1.54) is 0 Å². The molecule has 0 saturated carbocycles. The molecule has 0 saturated heterocycles. The van der Waals surface area contributed by atoms with Gasteiger partial charge in [-0.05, 0) is 38.1 Å². The summed E-state index contributed by atoms with van der Waals surface area (Å²) in [5.41, 5.74) is 3.36. The molecule has 21 heavy (non-hydrogen) atoms. The van der Waals surface area contributed by atoms with Gasteiger partial charge in [-0.1, -0.05) is 17.7 Å². The maximum atomic E-state index is 11.7. The Hall–Kier alpha value is -2.62.